The summed E-state index contributed by atoms with van der Waals surface area (Å²) in [7, 11) is 0.909. The quantitative estimate of drug-likeness (QED) is 0.377. The SMILES string of the molecule is CCS(=O)C1CCCC(NC(=NC)NCc2ccc(C#N)cc2F)C1.I. The number of nitrogens with zero attached hydrogens (tertiary/aromatic N) is 2. The minimum Gasteiger partial charge on any atom is -0.354 e. The highest BCUT2D eigenvalue weighted by Gasteiger charge is 2.26. The maximum absolute atomic E-state index is 13.9. The normalized spacial score (nSPS) is 21.2. The smallest absolute Gasteiger partial charge is 0.191 e. The number of rotatable bonds is 5. The zero-order valence-electron chi connectivity index (χ0n) is 15.1. The molecule has 3 atom stereocenters. The Morgan fingerprint density at radius 3 is 2.85 bits per heavy atom. The molecule has 0 radical (unpaired) electrons. The molecule has 2 N–H and O–H groups in total. The molecule has 0 aromatic heterocycles. The van der Waals surface area contributed by atoms with Crippen molar-refractivity contribution in [3.63, 3.8) is 0 Å². The number of aliphatic imine (C=N–C) groups is 1. The molecule has 0 amide bonds. The summed E-state index contributed by atoms with van der Waals surface area (Å²) in [5, 5.41) is 15.5. The predicted octanol–water partition coefficient (Wildman–Crippen LogP) is 3.06. The number of nitrogens with one attached hydrogen (secondary N) is 2. The van der Waals surface area contributed by atoms with E-state index in [1.54, 1.807) is 19.2 Å². The van der Waals surface area contributed by atoms with E-state index < -0.39 is 16.6 Å². The number of guanidine groups is 1. The van der Waals surface area contributed by atoms with Crippen LogP contribution in [0.1, 0.15) is 43.7 Å². The second-order valence-corrected chi connectivity index (χ2v) is 8.15. The average molecular weight is 492 g/mol. The highest BCUT2D eigenvalue weighted by Crippen LogP contribution is 2.23. The molecule has 2 rings (SSSR count). The van der Waals surface area contributed by atoms with Gasteiger partial charge in [-0.1, -0.05) is 19.4 Å². The summed E-state index contributed by atoms with van der Waals surface area (Å²) in [5.41, 5.74) is 0.788. The second kappa shape index (κ2) is 11.5. The Bertz CT molecular complexity index is 692. The van der Waals surface area contributed by atoms with Crippen molar-refractivity contribution in [2.75, 3.05) is 12.8 Å². The van der Waals surface area contributed by atoms with Crippen LogP contribution < -0.4 is 10.6 Å². The molecule has 0 aliphatic heterocycles. The number of nitriles is 1. The van der Waals surface area contributed by atoms with Gasteiger partial charge in [0.2, 0.25) is 0 Å². The van der Waals surface area contributed by atoms with E-state index >= 15 is 0 Å². The van der Waals surface area contributed by atoms with E-state index in [4.69, 9.17) is 5.26 Å². The number of halogens is 2. The summed E-state index contributed by atoms with van der Waals surface area (Å²) >= 11 is 0. The Hall–Kier alpha value is -1.21. The summed E-state index contributed by atoms with van der Waals surface area (Å²) < 4.78 is 26.0. The fourth-order valence-electron chi connectivity index (χ4n) is 3.08. The van der Waals surface area contributed by atoms with Crippen LogP contribution in [0.2, 0.25) is 0 Å². The summed E-state index contributed by atoms with van der Waals surface area (Å²) in [4.78, 5) is 4.19. The fraction of sp³-hybridized carbons (Fsp3) is 0.556. The van der Waals surface area contributed by atoms with Gasteiger partial charge in [0.25, 0.3) is 0 Å². The number of benzene rings is 1. The fourth-order valence-corrected chi connectivity index (χ4v) is 4.43. The largest absolute Gasteiger partial charge is 0.354 e. The van der Waals surface area contributed by atoms with Gasteiger partial charge in [-0.3, -0.25) is 9.20 Å². The zero-order chi connectivity index (χ0) is 18.2. The Labute approximate surface area is 174 Å². The van der Waals surface area contributed by atoms with Gasteiger partial charge in [0, 0.05) is 47.0 Å². The molecule has 1 aromatic rings. The van der Waals surface area contributed by atoms with Gasteiger partial charge in [-0.25, -0.2) is 4.39 Å². The maximum atomic E-state index is 13.9. The molecule has 5 nitrogen and oxygen atoms in total. The van der Waals surface area contributed by atoms with Crippen molar-refractivity contribution in [3.05, 3.63) is 35.1 Å². The molecule has 3 unspecified atom stereocenters. The van der Waals surface area contributed by atoms with Crippen LogP contribution in [0.5, 0.6) is 0 Å². The Kier molecular flexibility index (Phi) is 10.1. The molecular weight excluding hydrogens is 466 g/mol. The van der Waals surface area contributed by atoms with Gasteiger partial charge in [0.05, 0.1) is 11.6 Å². The first-order chi connectivity index (χ1) is 12.1. The van der Waals surface area contributed by atoms with Crippen molar-refractivity contribution in [1.82, 2.24) is 10.6 Å². The van der Waals surface area contributed by atoms with Crippen LogP contribution in [0.4, 0.5) is 4.39 Å². The topological polar surface area (TPSA) is 77.3 Å². The van der Waals surface area contributed by atoms with E-state index in [0.717, 1.165) is 25.7 Å². The van der Waals surface area contributed by atoms with E-state index in [1.165, 1.54) is 6.07 Å². The van der Waals surface area contributed by atoms with Crippen molar-refractivity contribution >= 4 is 40.7 Å². The van der Waals surface area contributed by atoms with E-state index in [9.17, 15) is 8.60 Å². The monoisotopic (exact) mass is 492 g/mol. The summed E-state index contributed by atoms with van der Waals surface area (Å²) in [5.74, 6) is 0.900. The molecule has 0 heterocycles. The van der Waals surface area contributed by atoms with Gasteiger partial charge >= 0.3 is 0 Å². The zero-order valence-corrected chi connectivity index (χ0v) is 18.3. The van der Waals surface area contributed by atoms with Gasteiger partial charge in [0.1, 0.15) is 5.82 Å². The summed E-state index contributed by atoms with van der Waals surface area (Å²) in [6.45, 7) is 2.24. The van der Waals surface area contributed by atoms with Gasteiger partial charge < -0.3 is 10.6 Å². The average Bonchev–Trinajstić information content (AvgIpc) is 2.65. The standard InChI is InChI=1S/C18H25FN4OS.HI/c1-3-25(24)16-6-4-5-15(10-16)23-18(21-2)22-12-14-8-7-13(11-20)9-17(14)19;/h7-9,15-16H,3-6,10,12H2,1-2H3,(H2,21,22,23);1H. The molecule has 1 aliphatic rings. The third-order valence-corrected chi connectivity index (χ3v) is 6.22. The van der Waals surface area contributed by atoms with Crippen molar-refractivity contribution in [3.8, 4) is 6.07 Å². The Balaban J connectivity index is 0.00000338. The molecule has 144 valence electrons. The van der Waals surface area contributed by atoms with Gasteiger partial charge in [-0.2, -0.15) is 5.26 Å². The molecule has 0 bridgehead atoms. The van der Waals surface area contributed by atoms with Crippen LogP contribution in [0.3, 0.4) is 0 Å². The first-order valence-corrected chi connectivity index (χ1v) is 9.98. The van der Waals surface area contributed by atoms with Crippen LogP contribution in [-0.2, 0) is 17.3 Å². The van der Waals surface area contributed by atoms with Gasteiger partial charge in [-0.15, -0.1) is 24.0 Å². The predicted molar refractivity (Wildman–Crippen MR) is 115 cm³/mol. The highest BCUT2D eigenvalue weighted by molar-refractivity contribution is 14.0. The van der Waals surface area contributed by atoms with E-state index in [2.05, 4.69) is 15.6 Å². The molecule has 1 saturated carbocycles. The molecular formula is C18H26FIN4OS. The van der Waals surface area contributed by atoms with Crippen LogP contribution >= 0.6 is 24.0 Å². The summed E-state index contributed by atoms with van der Waals surface area (Å²) in [6.07, 6.45) is 3.95. The molecule has 1 aliphatic carbocycles. The molecule has 0 spiro atoms. The number of hydrogen-bond acceptors (Lipinski definition) is 3. The molecule has 26 heavy (non-hydrogen) atoms. The lowest BCUT2D eigenvalue weighted by molar-refractivity contribution is 0.413. The third kappa shape index (κ3) is 6.50. The lowest BCUT2D eigenvalue weighted by Crippen LogP contribution is -2.46. The number of hydrogen-bond donors (Lipinski definition) is 2. The second-order valence-electron chi connectivity index (χ2n) is 6.14. The van der Waals surface area contributed by atoms with Gasteiger partial charge in [0.15, 0.2) is 5.96 Å². The third-order valence-electron chi connectivity index (χ3n) is 4.48. The van der Waals surface area contributed by atoms with Crippen molar-refractivity contribution < 1.29 is 8.60 Å². The van der Waals surface area contributed by atoms with Crippen molar-refractivity contribution in [1.29, 1.82) is 5.26 Å². The minimum atomic E-state index is -0.767. The first-order valence-electron chi connectivity index (χ1n) is 8.60. The maximum Gasteiger partial charge on any atom is 0.191 e. The van der Waals surface area contributed by atoms with E-state index in [0.29, 0.717) is 22.8 Å². The highest BCUT2D eigenvalue weighted by atomic mass is 127. The molecule has 0 saturated heterocycles. The van der Waals surface area contributed by atoms with Crippen LogP contribution in [0.25, 0.3) is 0 Å². The van der Waals surface area contributed by atoms with E-state index in [-0.39, 0.29) is 41.8 Å². The summed E-state index contributed by atoms with van der Waals surface area (Å²) in [6, 6.07) is 6.59. The van der Waals surface area contributed by atoms with Crippen LogP contribution in [0, 0.1) is 17.1 Å². The minimum absolute atomic E-state index is 0. The lowest BCUT2D eigenvalue weighted by atomic mass is 9.95. The van der Waals surface area contributed by atoms with Gasteiger partial charge in [-0.05, 0) is 31.4 Å². The van der Waals surface area contributed by atoms with Crippen LogP contribution in [0.15, 0.2) is 23.2 Å². The molecule has 1 aromatic carbocycles. The Morgan fingerprint density at radius 2 is 2.23 bits per heavy atom. The van der Waals surface area contributed by atoms with Crippen molar-refractivity contribution in [2.24, 2.45) is 4.99 Å². The van der Waals surface area contributed by atoms with E-state index in [1.807, 2.05) is 13.0 Å². The lowest BCUT2D eigenvalue weighted by Gasteiger charge is -2.30. The Morgan fingerprint density at radius 1 is 1.46 bits per heavy atom. The first kappa shape index (κ1) is 22.8. The van der Waals surface area contributed by atoms with Crippen molar-refractivity contribution in [2.45, 2.75) is 50.4 Å². The molecule has 8 heteroatoms. The molecule has 1 fully saturated rings. The van der Waals surface area contributed by atoms with Crippen LogP contribution in [-0.4, -0.2) is 34.3 Å².